The molecule has 0 radical (unpaired) electrons. The second-order valence-corrected chi connectivity index (χ2v) is 4.86. The maximum absolute atomic E-state index is 8.83. The van der Waals surface area contributed by atoms with Gasteiger partial charge < -0.3 is 5.11 Å². The molecule has 15 heavy (non-hydrogen) atoms. The third-order valence-corrected chi connectivity index (χ3v) is 3.51. The van der Waals surface area contributed by atoms with Crippen LogP contribution in [0.2, 0.25) is 0 Å². The third-order valence-electron chi connectivity index (χ3n) is 3.51. The molecule has 1 nitrogen and oxygen atoms in total. The van der Waals surface area contributed by atoms with E-state index in [2.05, 4.69) is 0 Å². The molecule has 1 aliphatic rings. The topological polar surface area (TPSA) is 20.2 Å². The highest BCUT2D eigenvalue weighted by Crippen LogP contribution is 2.21. The van der Waals surface area contributed by atoms with E-state index in [0.29, 0.717) is 5.92 Å². The van der Waals surface area contributed by atoms with Crippen molar-refractivity contribution >= 4 is 0 Å². The predicted octanol–water partition coefficient (Wildman–Crippen LogP) is 4.98. The van der Waals surface area contributed by atoms with Gasteiger partial charge in [-0.2, -0.15) is 0 Å². The Morgan fingerprint density at radius 2 is 1.07 bits per heavy atom. The lowest BCUT2D eigenvalue weighted by Gasteiger charge is -2.13. The molecule has 88 valence electrons. The van der Waals surface area contributed by atoms with Gasteiger partial charge >= 0.3 is 0 Å². The van der Waals surface area contributed by atoms with Crippen molar-refractivity contribution in [1.82, 2.24) is 0 Å². The lowest BCUT2D eigenvalue weighted by Crippen LogP contribution is -1.98. The van der Waals surface area contributed by atoms with Crippen molar-refractivity contribution in [3.05, 3.63) is 12.3 Å². The first-order chi connectivity index (χ1) is 7.43. The van der Waals surface area contributed by atoms with E-state index in [-0.39, 0.29) is 0 Å². The second kappa shape index (κ2) is 8.82. The minimum atomic E-state index is 0.634. The van der Waals surface area contributed by atoms with Crippen LogP contribution in [-0.2, 0) is 0 Å². The Morgan fingerprint density at radius 3 is 1.47 bits per heavy atom. The van der Waals surface area contributed by atoms with Gasteiger partial charge in [-0.15, -0.1) is 0 Å². The third kappa shape index (κ3) is 6.59. The number of rotatable bonds is 1. The van der Waals surface area contributed by atoms with Gasteiger partial charge in [0.2, 0.25) is 0 Å². The molecule has 1 rings (SSSR count). The first-order valence-corrected chi connectivity index (χ1v) is 6.74. The van der Waals surface area contributed by atoms with Gasteiger partial charge in [-0.1, -0.05) is 57.8 Å². The molecule has 0 aromatic rings. The zero-order valence-corrected chi connectivity index (χ0v) is 9.96. The Hall–Kier alpha value is -0.460. The van der Waals surface area contributed by atoms with E-state index >= 15 is 0 Å². The molecule has 0 aliphatic heterocycles. The molecule has 0 bridgehead atoms. The summed E-state index contributed by atoms with van der Waals surface area (Å²) in [5, 5.41) is 8.83. The van der Waals surface area contributed by atoms with Crippen LogP contribution in [0.3, 0.4) is 0 Å². The largest absolute Gasteiger partial charge is 0.516 e. The monoisotopic (exact) mass is 210 g/mol. The Labute approximate surface area is 94.6 Å². The van der Waals surface area contributed by atoms with E-state index in [1.165, 1.54) is 76.9 Å². The van der Waals surface area contributed by atoms with Crippen molar-refractivity contribution in [2.75, 3.05) is 0 Å². The Morgan fingerprint density at radius 1 is 0.667 bits per heavy atom. The van der Waals surface area contributed by atoms with Crippen molar-refractivity contribution < 1.29 is 5.11 Å². The first-order valence-electron chi connectivity index (χ1n) is 6.74. The number of hydrogen-bond acceptors (Lipinski definition) is 1. The lowest BCUT2D eigenvalue weighted by molar-refractivity contribution is 0.427. The molecule has 0 aromatic carbocycles. The molecule has 1 fully saturated rings. The van der Waals surface area contributed by atoms with Crippen LogP contribution in [0.1, 0.15) is 70.6 Å². The quantitative estimate of drug-likeness (QED) is 0.605. The fraction of sp³-hybridized carbons (Fsp3) is 0.857. The molecule has 1 aliphatic carbocycles. The second-order valence-electron chi connectivity index (χ2n) is 4.86. The first kappa shape index (κ1) is 12.6. The molecule has 0 unspecified atom stereocenters. The minimum absolute atomic E-state index is 0.634. The van der Waals surface area contributed by atoms with Crippen LogP contribution in [0.25, 0.3) is 0 Å². The zero-order chi connectivity index (χ0) is 10.8. The van der Waals surface area contributed by atoms with E-state index in [1.807, 2.05) is 6.08 Å². The molecule has 0 aromatic heterocycles. The Balaban J connectivity index is 2.25. The summed E-state index contributed by atoms with van der Waals surface area (Å²) in [4.78, 5) is 0. The van der Waals surface area contributed by atoms with Gasteiger partial charge in [0.25, 0.3) is 0 Å². The highest BCUT2D eigenvalue weighted by Gasteiger charge is 2.05. The summed E-state index contributed by atoms with van der Waals surface area (Å²) in [6, 6.07) is 0. The summed E-state index contributed by atoms with van der Waals surface area (Å²) in [5.74, 6) is 0.634. The predicted molar refractivity (Wildman–Crippen MR) is 66.0 cm³/mol. The summed E-state index contributed by atoms with van der Waals surface area (Å²) in [6.07, 6.45) is 18.4. The van der Waals surface area contributed by atoms with Gasteiger partial charge in [-0.3, -0.25) is 0 Å². The number of hydrogen-bond donors (Lipinski definition) is 1. The maximum Gasteiger partial charge on any atom is 0.0754 e. The number of aliphatic hydroxyl groups excluding tert-OH is 1. The summed E-state index contributed by atoms with van der Waals surface area (Å²) in [7, 11) is 0. The van der Waals surface area contributed by atoms with Gasteiger partial charge in [0.05, 0.1) is 6.26 Å². The highest BCUT2D eigenvalue weighted by molar-refractivity contribution is 4.82. The van der Waals surface area contributed by atoms with Gasteiger partial charge in [-0.05, 0) is 24.8 Å². The molecule has 1 saturated carbocycles. The van der Waals surface area contributed by atoms with Gasteiger partial charge in [0, 0.05) is 0 Å². The molecule has 0 atom stereocenters. The SMILES string of the molecule is OC=CC1CCCCCCCCCCC1. The van der Waals surface area contributed by atoms with Gasteiger partial charge in [0.1, 0.15) is 0 Å². The van der Waals surface area contributed by atoms with E-state index in [1.54, 1.807) is 0 Å². The fourth-order valence-electron chi connectivity index (χ4n) is 2.51. The van der Waals surface area contributed by atoms with Gasteiger partial charge in [0.15, 0.2) is 0 Å². The maximum atomic E-state index is 8.83. The normalized spacial score (nSPS) is 23.5. The van der Waals surface area contributed by atoms with Crippen LogP contribution < -0.4 is 0 Å². The van der Waals surface area contributed by atoms with E-state index in [9.17, 15) is 0 Å². The fourth-order valence-corrected chi connectivity index (χ4v) is 2.51. The lowest BCUT2D eigenvalue weighted by atomic mass is 9.93. The molecular formula is C14H26O. The van der Waals surface area contributed by atoms with Crippen molar-refractivity contribution in [3.8, 4) is 0 Å². The van der Waals surface area contributed by atoms with Crippen LogP contribution >= 0.6 is 0 Å². The van der Waals surface area contributed by atoms with Crippen LogP contribution in [0.5, 0.6) is 0 Å². The smallest absolute Gasteiger partial charge is 0.0754 e. The van der Waals surface area contributed by atoms with Gasteiger partial charge in [-0.25, -0.2) is 0 Å². The zero-order valence-electron chi connectivity index (χ0n) is 9.96. The van der Waals surface area contributed by atoms with E-state index in [4.69, 9.17) is 5.11 Å². The summed E-state index contributed by atoms with van der Waals surface area (Å²) in [6.45, 7) is 0. The summed E-state index contributed by atoms with van der Waals surface area (Å²) in [5.41, 5.74) is 0. The van der Waals surface area contributed by atoms with Crippen molar-refractivity contribution in [2.24, 2.45) is 5.92 Å². The molecule has 0 spiro atoms. The van der Waals surface area contributed by atoms with E-state index in [0.717, 1.165) is 0 Å². The highest BCUT2D eigenvalue weighted by atomic mass is 16.2. The number of allylic oxidation sites excluding steroid dienone is 1. The van der Waals surface area contributed by atoms with Crippen molar-refractivity contribution in [2.45, 2.75) is 70.6 Å². The van der Waals surface area contributed by atoms with Crippen LogP contribution in [0, 0.1) is 5.92 Å². The molecule has 0 amide bonds. The molecule has 1 heteroatoms. The Kier molecular flexibility index (Phi) is 7.41. The standard InChI is InChI=1S/C14H26O/c15-13-12-14-10-8-6-4-2-1-3-5-7-9-11-14/h12-15H,1-11H2. The van der Waals surface area contributed by atoms with Crippen molar-refractivity contribution in [3.63, 3.8) is 0 Å². The molecule has 0 saturated heterocycles. The number of aliphatic hydroxyl groups is 1. The van der Waals surface area contributed by atoms with Crippen LogP contribution in [-0.4, -0.2) is 5.11 Å². The molecule has 1 N–H and O–H groups in total. The summed E-state index contributed by atoms with van der Waals surface area (Å²) >= 11 is 0. The van der Waals surface area contributed by atoms with Crippen LogP contribution in [0.4, 0.5) is 0 Å². The van der Waals surface area contributed by atoms with Crippen LogP contribution in [0.15, 0.2) is 12.3 Å². The average Bonchev–Trinajstić information content (AvgIpc) is 2.22. The average molecular weight is 210 g/mol. The minimum Gasteiger partial charge on any atom is -0.516 e. The summed E-state index contributed by atoms with van der Waals surface area (Å²) < 4.78 is 0. The van der Waals surface area contributed by atoms with Crippen molar-refractivity contribution in [1.29, 1.82) is 0 Å². The Bertz CT molecular complexity index is 151. The molecule has 0 heterocycles. The van der Waals surface area contributed by atoms with E-state index < -0.39 is 0 Å². The molecular weight excluding hydrogens is 184 g/mol.